The first-order valence-electron chi connectivity index (χ1n) is 23.2. The normalized spacial score (nSPS) is 12.0. The van der Waals surface area contributed by atoms with Crippen LogP contribution in [0.2, 0.25) is 0 Å². The van der Waals surface area contributed by atoms with Gasteiger partial charge in [0.2, 0.25) is 23.6 Å². The van der Waals surface area contributed by atoms with Gasteiger partial charge >= 0.3 is 17.9 Å². The number of aliphatic carboxylic acids is 3. The Morgan fingerprint density at radius 3 is 1.25 bits per heavy atom. The molecule has 0 bridgehead atoms. The van der Waals surface area contributed by atoms with E-state index in [-0.39, 0.29) is 115 Å². The van der Waals surface area contributed by atoms with Crippen molar-refractivity contribution >= 4 is 49.5 Å². The smallest absolute Gasteiger partial charge is 0.326 e. The maximum atomic E-state index is 12.3. The molecule has 0 aromatic carbocycles. The van der Waals surface area contributed by atoms with Crippen LogP contribution < -0.4 is 26.5 Å². The third kappa shape index (κ3) is 41.9. The van der Waals surface area contributed by atoms with E-state index in [1.54, 1.807) is 7.98 Å². The first-order chi connectivity index (χ1) is 30.5. The van der Waals surface area contributed by atoms with Crippen LogP contribution in [0.4, 0.5) is 0 Å². The van der Waals surface area contributed by atoms with Gasteiger partial charge in [-0.1, -0.05) is 89.9 Å². The molecule has 0 aliphatic heterocycles. The number of unbranched alkanes of at least 4 members (excludes halogenated alkanes) is 16. The molecule has 0 aliphatic carbocycles. The van der Waals surface area contributed by atoms with Crippen molar-refractivity contribution in [3.05, 3.63) is 0 Å². The average Bonchev–Trinajstić information content (AvgIpc) is 3.24. The van der Waals surface area contributed by atoms with E-state index in [0.29, 0.717) is 32.2 Å². The van der Waals surface area contributed by atoms with Crippen molar-refractivity contribution in [3.8, 4) is 0 Å². The highest BCUT2D eigenvalue weighted by Crippen LogP contribution is 2.14. The summed E-state index contributed by atoms with van der Waals surface area (Å²) >= 11 is 0. The lowest BCUT2D eigenvalue weighted by Gasteiger charge is -2.14. The molecule has 8 N–H and O–H groups in total. The molecule has 0 heterocycles. The van der Waals surface area contributed by atoms with Gasteiger partial charge in [-0.25, -0.2) is 4.79 Å². The van der Waals surface area contributed by atoms with Gasteiger partial charge < -0.3 is 60.8 Å². The van der Waals surface area contributed by atoms with E-state index < -0.39 is 30.0 Å². The Bertz CT molecular complexity index is 1230. The number of hydrogen-bond acceptors (Lipinski definition) is 12. The number of carboxylic acids is 3. The van der Waals surface area contributed by atoms with Crippen LogP contribution in [0.1, 0.15) is 148 Å². The SMILES string of the molecule is BNC(CCCCNC(=O)COCCOCCNC(=O)COCCOCCNC(=O)CCC(NC(=O)CCCCCCCCCCCCCCCCCCC(=O)O)C(=O)O)C(=O)O. The fraction of sp³-hybridized carbons (Fsp3) is 0.837. The Balaban J connectivity index is 3.64. The molecule has 20 heteroatoms. The summed E-state index contributed by atoms with van der Waals surface area (Å²) in [6, 6.07) is -1.74. The maximum Gasteiger partial charge on any atom is 0.326 e. The number of carbonyl (C=O) groups excluding carboxylic acids is 4. The molecule has 0 aromatic rings. The minimum absolute atomic E-state index is 0.0272. The average molecular weight is 902 g/mol. The Kier molecular flexibility index (Phi) is 40.8. The molecule has 0 aromatic heterocycles. The Hall–Kier alpha value is -3.85. The Morgan fingerprint density at radius 1 is 0.397 bits per heavy atom. The van der Waals surface area contributed by atoms with Gasteiger partial charge in [0, 0.05) is 38.9 Å². The molecule has 0 rings (SSSR count). The Labute approximate surface area is 375 Å². The first-order valence-corrected chi connectivity index (χ1v) is 23.2. The van der Waals surface area contributed by atoms with Crippen LogP contribution >= 0.6 is 0 Å². The monoisotopic (exact) mass is 902 g/mol. The molecule has 0 saturated heterocycles. The topological polar surface area (TPSA) is 277 Å². The van der Waals surface area contributed by atoms with E-state index in [1.807, 2.05) is 0 Å². The van der Waals surface area contributed by atoms with Crippen molar-refractivity contribution in [1.82, 2.24) is 26.5 Å². The van der Waals surface area contributed by atoms with E-state index >= 15 is 0 Å². The predicted octanol–water partition coefficient (Wildman–Crippen LogP) is 2.62. The molecule has 0 saturated carbocycles. The second-order valence-electron chi connectivity index (χ2n) is 15.6. The highest BCUT2D eigenvalue weighted by atomic mass is 16.5. The predicted molar refractivity (Wildman–Crippen MR) is 239 cm³/mol. The van der Waals surface area contributed by atoms with Crippen LogP contribution in [0, 0.1) is 0 Å². The second kappa shape index (κ2) is 43.4. The standard InChI is InChI=1S/C43H80BN5O14/c44-49-36(43(58)59)19-17-18-24-45-39(52)33-62-31-30-61-28-26-47-40(53)34-63-32-29-60-27-25-46-37(50)23-22-35(42(56)57)48-38(51)20-15-13-11-9-7-5-3-1-2-4-6-8-10-12-14-16-21-41(54)55/h35-36,49H,1-34,44H2,(H,45,52)(H,46,50)(H,47,53)(H,48,51)(H,54,55)(H,56,57)(H,58,59). The maximum absolute atomic E-state index is 12.3. The van der Waals surface area contributed by atoms with Crippen LogP contribution in [-0.4, -0.2) is 149 Å². The first kappa shape index (κ1) is 59.2. The number of hydrogen-bond donors (Lipinski definition) is 8. The van der Waals surface area contributed by atoms with Crippen molar-refractivity contribution in [2.75, 3.05) is 72.5 Å². The number of nitrogens with one attached hydrogen (secondary N) is 5. The van der Waals surface area contributed by atoms with Crippen molar-refractivity contribution in [1.29, 1.82) is 0 Å². The lowest BCUT2D eigenvalue weighted by atomic mass is 10.0. The summed E-state index contributed by atoms with van der Waals surface area (Å²) in [5.41, 5.74) is 0. The zero-order valence-electron chi connectivity index (χ0n) is 38.0. The summed E-state index contributed by atoms with van der Waals surface area (Å²) < 4.78 is 21.3. The Morgan fingerprint density at radius 2 is 0.810 bits per heavy atom. The quantitative estimate of drug-likeness (QED) is 0.0322. The van der Waals surface area contributed by atoms with Crippen molar-refractivity contribution in [2.24, 2.45) is 0 Å². The summed E-state index contributed by atoms with van der Waals surface area (Å²) in [5, 5.41) is 40.4. The van der Waals surface area contributed by atoms with E-state index in [0.717, 1.165) is 38.5 Å². The molecule has 4 amide bonds. The number of rotatable bonds is 47. The van der Waals surface area contributed by atoms with Gasteiger partial charge in [-0.15, -0.1) is 0 Å². The van der Waals surface area contributed by atoms with Crippen LogP contribution in [0.5, 0.6) is 0 Å². The molecule has 2 atom stereocenters. The van der Waals surface area contributed by atoms with Crippen molar-refractivity contribution in [3.63, 3.8) is 0 Å². The van der Waals surface area contributed by atoms with Crippen LogP contribution in [0.15, 0.2) is 0 Å². The van der Waals surface area contributed by atoms with Gasteiger partial charge in [0.25, 0.3) is 0 Å². The summed E-state index contributed by atoms with van der Waals surface area (Å²) in [6.45, 7) is 1.87. The van der Waals surface area contributed by atoms with Crippen molar-refractivity contribution in [2.45, 2.75) is 160 Å². The summed E-state index contributed by atoms with van der Waals surface area (Å²) in [4.78, 5) is 81.4. The van der Waals surface area contributed by atoms with Crippen molar-refractivity contribution < 1.29 is 67.8 Å². The number of carbonyl (C=O) groups is 7. The largest absolute Gasteiger partial charge is 0.481 e. The van der Waals surface area contributed by atoms with E-state index in [1.165, 1.54) is 57.8 Å². The van der Waals surface area contributed by atoms with E-state index in [2.05, 4.69) is 26.5 Å². The van der Waals surface area contributed by atoms with E-state index in [4.69, 9.17) is 29.2 Å². The molecule has 0 fully saturated rings. The molecule has 2 unspecified atom stereocenters. The third-order valence-corrected chi connectivity index (χ3v) is 10.1. The van der Waals surface area contributed by atoms with Crippen LogP contribution in [-0.2, 0) is 52.5 Å². The molecule has 364 valence electrons. The van der Waals surface area contributed by atoms with Crippen LogP contribution in [0.3, 0.4) is 0 Å². The van der Waals surface area contributed by atoms with Gasteiger partial charge in [0.05, 0.1) is 45.7 Å². The number of carboxylic acid groups (broad SMARTS) is 3. The van der Waals surface area contributed by atoms with E-state index in [9.17, 15) is 38.7 Å². The minimum Gasteiger partial charge on any atom is -0.481 e. The fourth-order valence-electron chi connectivity index (χ4n) is 6.41. The number of ether oxygens (including phenoxy) is 4. The molecule has 0 spiro atoms. The molecular weight excluding hydrogens is 821 g/mol. The molecule has 19 nitrogen and oxygen atoms in total. The summed E-state index contributed by atoms with van der Waals surface area (Å²) in [5.74, 6) is -4.07. The molecule has 0 radical (unpaired) electrons. The molecule has 0 aliphatic rings. The van der Waals surface area contributed by atoms with Gasteiger partial charge in [-0.3, -0.25) is 28.8 Å². The second-order valence-corrected chi connectivity index (χ2v) is 15.6. The molecular formula is C43H80BN5O14. The highest BCUT2D eigenvalue weighted by molar-refractivity contribution is 6.06. The number of amides is 4. The third-order valence-electron chi connectivity index (χ3n) is 10.1. The lowest BCUT2D eigenvalue weighted by Crippen LogP contribution is -2.41. The van der Waals surface area contributed by atoms with Crippen LogP contribution in [0.25, 0.3) is 0 Å². The van der Waals surface area contributed by atoms with Gasteiger partial charge in [0.15, 0.2) is 7.98 Å². The summed E-state index contributed by atoms with van der Waals surface area (Å²) in [6.07, 6.45) is 20.0. The highest BCUT2D eigenvalue weighted by Gasteiger charge is 2.21. The summed E-state index contributed by atoms with van der Waals surface area (Å²) in [7, 11) is 1.60. The zero-order chi connectivity index (χ0) is 46.6. The van der Waals surface area contributed by atoms with Gasteiger partial charge in [-0.2, -0.15) is 0 Å². The fourth-order valence-corrected chi connectivity index (χ4v) is 6.41. The minimum atomic E-state index is -1.18. The zero-order valence-corrected chi connectivity index (χ0v) is 38.0. The van der Waals surface area contributed by atoms with Gasteiger partial charge in [-0.05, 0) is 38.5 Å². The molecule has 63 heavy (non-hydrogen) atoms. The lowest BCUT2D eigenvalue weighted by molar-refractivity contribution is -0.142. The van der Waals surface area contributed by atoms with Gasteiger partial charge in [0.1, 0.15) is 19.3 Å².